The monoisotopic (exact) mass is 589 g/mol. The Kier molecular flexibility index (Phi) is 6.29. The number of carbonyl (C=O) groups is 2. The van der Waals surface area contributed by atoms with Gasteiger partial charge < -0.3 is 4.90 Å². The van der Waals surface area contributed by atoms with E-state index < -0.39 is 5.92 Å². The maximum atomic E-state index is 14.2. The van der Waals surface area contributed by atoms with E-state index in [0.717, 1.165) is 17.0 Å². The average molecular weight is 591 g/mol. The summed E-state index contributed by atoms with van der Waals surface area (Å²) in [6.07, 6.45) is 2.01. The zero-order chi connectivity index (χ0) is 26.2. The quantitative estimate of drug-likeness (QED) is 0.351. The number of Topliss-reactive ketones (excluding diaryl/α,β-unsaturated/α-hetero) is 2. The van der Waals surface area contributed by atoms with Crippen LogP contribution < -0.4 is 4.90 Å². The number of carbonyl (C=O) groups excluding carboxylic acids is 2. The predicted octanol–water partition coefficient (Wildman–Crippen LogP) is 8.79. The second-order valence-electron chi connectivity index (χ2n) is 11.6. The number of ketones is 2. The normalized spacial score (nSPS) is 21.6. The lowest BCUT2D eigenvalue weighted by molar-refractivity contribution is -0.119. The highest BCUT2D eigenvalue weighted by Gasteiger charge is 2.49. The molecule has 0 unspecified atom stereocenters. The lowest BCUT2D eigenvalue weighted by Crippen LogP contribution is -2.44. The third-order valence-corrected chi connectivity index (χ3v) is 8.48. The Balaban J connectivity index is 1.86. The molecule has 1 heterocycles. The van der Waals surface area contributed by atoms with Crippen molar-refractivity contribution in [3.8, 4) is 0 Å². The maximum Gasteiger partial charge on any atom is 0.162 e. The summed E-state index contributed by atoms with van der Waals surface area (Å²) in [6.45, 7) is 8.33. The van der Waals surface area contributed by atoms with Gasteiger partial charge in [-0.3, -0.25) is 9.59 Å². The van der Waals surface area contributed by atoms with Gasteiger partial charge in [0.15, 0.2) is 11.6 Å². The van der Waals surface area contributed by atoms with Crippen LogP contribution in [-0.4, -0.2) is 11.6 Å². The van der Waals surface area contributed by atoms with Crippen molar-refractivity contribution in [3.63, 3.8) is 0 Å². The van der Waals surface area contributed by atoms with Crippen LogP contribution in [-0.2, 0) is 9.59 Å². The molecule has 3 nitrogen and oxygen atoms in total. The molecule has 1 aliphatic heterocycles. The summed E-state index contributed by atoms with van der Waals surface area (Å²) in [5.74, 6) is -0.932. The van der Waals surface area contributed by atoms with Gasteiger partial charge in [0.1, 0.15) is 5.82 Å². The Labute approximate surface area is 229 Å². The highest BCUT2D eigenvalue weighted by molar-refractivity contribution is 9.10. The topological polar surface area (TPSA) is 37.4 Å². The van der Waals surface area contributed by atoms with Gasteiger partial charge in [-0.05, 0) is 75.5 Å². The Bertz CT molecular complexity index is 1340. The van der Waals surface area contributed by atoms with Gasteiger partial charge >= 0.3 is 0 Å². The van der Waals surface area contributed by atoms with E-state index in [2.05, 4.69) is 48.5 Å². The molecule has 36 heavy (non-hydrogen) atoms. The summed E-state index contributed by atoms with van der Waals surface area (Å²) in [7, 11) is 0. The molecule has 0 amide bonds. The standard InChI is InChI=1S/C29H27BrCl2FNO2/c1-28(2)11-21-26(23(35)13-28)25(15-5-7-19(33)17(30)9-15)27-22(12-29(3,4)14-24(27)36)34(21)20-8-6-16(31)10-18(20)32/h5-10,25H,11-14H2,1-4H3. The minimum absolute atomic E-state index is 0.00553. The van der Waals surface area contributed by atoms with Crippen LogP contribution in [0.1, 0.15) is 64.9 Å². The molecule has 2 aromatic carbocycles. The lowest BCUT2D eigenvalue weighted by atomic mass is 9.63. The molecule has 0 saturated heterocycles. The van der Waals surface area contributed by atoms with Crippen LogP contribution in [0.3, 0.4) is 0 Å². The van der Waals surface area contributed by atoms with E-state index in [1.54, 1.807) is 24.3 Å². The number of allylic oxidation sites excluding steroid dienone is 4. The fraction of sp³-hybridized carbons (Fsp3) is 0.379. The first kappa shape index (κ1) is 25.7. The molecule has 0 N–H and O–H groups in total. The van der Waals surface area contributed by atoms with E-state index in [9.17, 15) is 14.0 Å². The number of halogens is 4. The molecule has 0 atom stereocenters. The van der Waals surface area contributed by atoms with Crippen molar-refractivity contribution in [2.45, 2.75) is 59.3 Å². The Morgan fingerprint density at radius 1 is 0.861 bits per heavy atom. The lowest BCUT2D eigenvalue weighted by Gasteiger charge is -2.49. The first-order valence-corrected chi connectivity index (χ1v) is 13.6. The SMILES string of the molecule is CC1(C)CC(=O)C2=C(C1)N(c1ccc(Cl)cc1Cl)C1=C(C(=O)CC(C)(C)C1)C2c1ccc(F)c(Br)c1. The summed E-state index contributed by atoms with van der Waals surface area (Å²) < 4.78 is 14.5. The molecular weight excluding hydrogens is 564 g/mol. The molecule has 0 fully saturated rings. The van der Waals surface area contributed by atoms with Crippen LogP contribution in [0.4, 0.5) is 10.1 Å². The summed E-state index contributed by atoms with van der Waals surface area (Å²) in [6, 6.07) is 10.1. The van der Waals surface area contributed by atoms with Gasteiger partial charge in [-0.2, -0.15) is 0 Å². The van der Waals surface area contributed by atoms with E-state index in [1.807, 2.05) is 6.07 Å². The van der Waals surface area contributed by atoms with E-state index in [0.29, 0.717) is 57.0 Å². The van der Waals surface area contributed by atoms with Gasteiger partial charge in [0.05, 0.1) is 15.2 Å². The number of anilines is 1. The number of benzene rings is 2. The van der Waals surface area contributed by atoms with Gasteiger partial charge in [0.25, 0.3) is 0 Å². The molecule has 0 bridgehead atoms. The maximum absolute atomic E-state index is 14.2. The minimum Gasteiger partial charge on any atom is -0.316 e. The number of hydrogen-bond acceptors (Lipinski definition) is 3. The Hall–Kier alpha value is -1.95. The van der Waals surface area contributed by atoms with Gasteiger partial charge in [-0.15, -0.1) is 0 Å². The average Bonchev–Trinajstić information content (AvgIpc) is 2.73. The van der Waals surface area contributed by atoms with Crippen molar-refractivity contribution in [2.24, 2.45) is 10.8 Å². The third kappa shape index (κ3) is 4.37. The van der Waals surface area contributed by atoms with Crippen LogP contribution in [0.5, 0.6) is 0 Å². The van der Waals surface area contributed by atoms with Gasteiger partial charge in [-0.25, -0.2) is 4.39 Å². The van der Waals surface area contributed by atoms with Gasteiger partial charge in [0, 0.05) is 46.3 Å². The van der Waals surface area contributed by atoms with Crippen molar-refractivity contribution >= 4 is 56.4 Å². The Morgan fingerprint density at radius 3 is 1.92 bits per heavy atom. The summed E-state index contributed by atoms with van der Waals surface area (Å²) in [4.78, 5) is 29.7. The molecule has 2 aliphatic carbocycles. The van der Waals surface area contributed by atoms with Crippen LogP contribution >= 0.6 is 39.1 Å². The highest BCUT2D eigenvalue weighted by Crippen LogP contribution is 2.56. The molecule has 3 aliphatic rings. The molecule has 0 saturated carbocycles. The van der Waals surface area contributed by atoms with Crippen molar-refractivity contribution in [1.29, 1.82) is 0 Å². The van der Waals surface area contributed by atoms with Crippen LogP contribution in [0.25, 0.3) is 0 Å². The number of rotatable bonds is 2. The van der Waals surface area contributed by atoms with E-state index in [1.165, 1.54) is 6.07 Å². The Morgan fingerprint density at radius 2 is 1.42 bits per heavy atom. The first-order chi connectivity index (χ1) is 16.8. The van der Waals surface area contributed by atoms with Gasteiger partial charge in [-0.1, -0.05) is 57.0 Å². The molecule has 5 rings (SSSR count). The van der Waals surface area contributed by atoms with Gasteiger partial charge in [0.2, 0.25) is 0 Å². The van der Waals surface area contributed by atoms with Crippen molar-refractivity contribution < 1.29 is 14.0 Å². The fourth-order valence-electron chi connectivity index (χ4n) is 5.94. The largest absolute Gasteiger partial charge is 0.316 e. The molecular formula is C29H27BrCl2FNO2. The molecule has 0 radical (unpaired) electrons. The summed E-state index contributed by atoms with van der Waals surface area (Å²) in [5, 5.41) is 0.967. The zero-order valence-corrected chi connectivity index (χ0v) is 23.7. The smallest absolute Gasteiger partial charge is 0.162 e. The summed E-state index contributed by atoms with van der Waals surface area (Å²) >= 11 is 16.3. The highest BCUT2D eigenvalue weighted by atomic mass is 79.9. The van der Waals surface area contributed by atoms with Crippen molar-refractivity contribution in [3.05, 3.63) is 84.8 Å². The third-order valence-electron chi connectivity index (χ3n) is 7.34. The molecule has 0 aromatic heterocycles. The number of hydrogen-bond donors (Lipinski definition) is 0. The minimum atomic E-state index is -0.554. The van der Waals surface area contributed by atoms with E-state index >= 15 is 0 Å². The second kappa shape index (κ2) is 8.82. The van der Waals surface area contributed by atoms with Crippen LogP contribution in [0.2, 0.25) is 10.0 Å². The summed E-state index contributed by atoms with van der Waals surface area (Å²) in [5.41, 5.74) is 3.81. The number of nitrogens with zero attached hydrogens (tertiary/aromatic N) is 1. The molecule has 7 heteroatoms. The van der Waals surface area contributed by atoms with Crippen LogP contribution in [0, 0.1) is 16.6 Å². The molecule has 2 aromatic rings. The first-order valence-electron chi connectivity index (χ1n) is 12.0. The second-order valence-corrected chi connectivity index (χ2v) is 13.3. The van der Waals surface area contributed by atoms with Crippen molar-refractivity contribution in [2.75, 3.05) is 4.90 Å². The zero-order valence-electron chi connectivity index (χ0n) is 20.6. The predicted molar refractivity (Wildman–Crippen MR) is 146 cm³/mol. The van der Waals surface area contributed by atoms with Crippen molar-refractivity contribution in [1.82, 2.24) is 0 Å². The molecule has 0 spiro atoms. The molecule has 188 valence electrons. The van der Waals surface area contributed by atoms with Crippen LogP contribution in [0.15, 0.2) is 63.4 Å². The van der Waals surface area contributed by atoms with E-state index in [4.69, 9.17) is 23.2 Å². The fourth-order valence-corrected chi connectivity index (χ4v) is 6.83. The van der Waals surface area contributed by atoms with E-state index in [-0.39, 0.29) is 28.2 Å².